The van der Waals surface area contributed by atoms with E-state index in [0.717, 1.165) is 11.2 Å². The number of aromatic amines is 1. The topological polar surface area (TPSA) is 62.8 Å². The molecular formula is C11H8N2O2S. The average molecular weight is 232 g/mol. The standard InChI is InChI=1S/C11H8N2O2S/c14-7-8-3-1-2-4-9(8)16-11-12-6-5-10(15)13-11/h1-7H,(H,12,13,15). The molecule has 0 aliphatic heterocycles. The molecule has 0 aliphatic rings. The number of aldehydes is 1. The van der Waals surface area contributed by atoms with Gasteiger partial charge in [-0.3, -0.25) is 9.59 Å². The van der Waals surface area contributed by atoms with Crippen molar-refractivity contribution < 1.29 is 4.79 Å². The maximum absolute atomic E-state index is 11.1. The Labute approximate surface area is 95.7 Å². The molecule has 0 saturated carbocycles. The number of aromatic nitrogens is 2. The molecule has 0 spiro atoms. The molecule has 0 atom stereocenters. The third kappa shape index (κ3) is 2.38. The summed E-state index contributed by atoms with van der Waals surface area (Å²) in [6.45, 7) is 0. The summed E-state index contributed by atoms with van der Waals surface area (Å²) in [5.41, 5.74) is 0.375. The maximum atomic E-state index is 11.1. The van der Waals surface area contributed by atoms with Gasteiger partial charge in [-0.25, -0.2) is 4.98 Å². The number of carbonyl (C=O) groups is 1. The smallest absolute Gasteiger partial charge is 0.251 e. The van der Waals surface area contributed by atoms with E-state index in [2.05, 4.69) is 9.97 Å². The van der Waals surface area contributed by atoms with Crippen LogP contribution in [0.3, 0.4) is 0 Å². The number of nitrogens with zero attached hydrogens (tertiary/aromatic N) is 1. The van der Waals surface area contributed by atoms with Crippen LogP contribution >= 0.6 is 11.8 Å². The van der Waals surface area contributed by atoms with Crippen LogP contribution in [0.4, 0.5) is 0 Å². The van der Waals surface area contributed by atoms with Crippen molar-refractivity contribution in [3.05, 3.63) is 52.4 Å². The molecule has 2 rings (SSSR count). The highest BCUT2D eigenvalue weighted by atomic mass is 32.2. The molecule has 0 unspecified atom stereocenters. The molecule has 5 heteroatoms. The van der Waals surface area contributed by atoms with Gasteiger partial charge < -0.3 is 4.98 Å². The summed E-state index contributed by atoms with van der Waals surface area (Å²) in [5, 5.41) is 0.474. The van der Waals surface area contributed by atoms with E-state index in [4.69, 9.17) is 0 Å². The van der Waals surface area contributed by atoms with E-state index in [1.807, 2.05) is 6.07 Å². The first-order chi connectivity index (χ1) is 7.79. The van der Waals surface area contributed by atoms with Crippen LogP contribution in [0.5, 0.6) is 0 Å². The Hall–Kier alpha value is -1.88. The lowest BCUT2D eigenvalue weighted by Gasteiger charge is -2.02. The van der Waals surface area contributed by atoms with E-state index in [1.165, 1.54) is 24.0 Å². The summed E-state index contributed by atoms with van der Waals surface area (Å²) in [6.07, 6.45) is 2.22. The van der Waals surface area contributed by atoms with Crippen molar-refractivity contribution in [2.24, 2.45) is 0 Å². The van der Waals surface area contributed by atoms with Crippen molar-refractivity contribution in [3.63, 3.8) is 0 Å². The van der Waals surface area contributed by atoms with Crippen LogP contribution in [0.25, 0.3) is 0 Å². The number of H-pyrrole nitrogens is 1. The van der Waals surface area contributed by atoms with Crippen LogP contribution in [0, 0.1) is 0 Å². The highest BCUT2D eigenvalue weighted by Gasteiger charge is 2.04. The first kappa shape index (κ1) is 10.6. The third-order valence-corrected chi connectivity index (χ3v) is 2.89. The van der Waals surface area contributed by atoms with Crippen LogP contribution < -0.4 is 5.56 Å². The SMILES string of the molecule is O=Cc1ccccc1Sc1nccc(=O)[nH]1. The zero-order valence-electron chi connectivity index (χ0n) is 8.21. The second-order valence-corrected chi connectivity index (χ2v) is 4.03. The van der Waals surface area contributed by atoms with Gasteiger partial charge in [-0.15, -0.1) is 0 Å². The predicted octanol–water partition coefficient (Wildman–Crippen LogP) is 1.73. The largest absolute Gasteiger partial charge is 0.301 e. The van der Waals surface area contributed by atoms with E-state index < -0.39 is 0 Å². The molecule has 2 aromatic rings. The van der Waals surface area contributed by atoms with Gasteiger partial charge in [0.2, 0.25) is 0 Å². The first-order valence-corrected chi connectivity index (χ1v) is 5.38. The van der Waals surface area contributed by atoms with Crippen molar-refractivity contribution in [2.75, 3.05) is 0 Å². The number of carbonyl (C=O) groups excluding carboxylic acids is 1. The van der Waals surface area contributed by atoms with Crippen LogP contribution in [0.15, 0.2) is 51.4 Å². The lowest BCUT2D eigenvalue weighted by atomic mass is 10.2. The van der Waals surface area contributed by atoms with Gasteiger partial charge in [0.25, 0.3) is 5.56 Å². The number of hydrogen-bond donors (Lipinski definition) is 1. The number of hydrogen-bond acceptors (Lipinski definition) is 4. The van der Waals surface area contributed by atoms with E-state index >= 15 is 0 Å². The molecule has 4 nitrogen and oxygen atoms in total. The number of benzene rings is 1. The molecule has 0 aliphatic carbocycles. The monoisotopic (exact) mass is 232 g/mol. The average Bonchev–Trinajstić information content (AvgIpc) is 2.30. The number of nitrogens with one attached hydrogen (secondary N) is 1. The van der Waals surface area contributed by atoms with E-state index in [1.54, 1.807) is 18.2 Å². The molecule has 0 radical (unpaired) electrons. The molecule has 0 amide bonds. The van der Waals surface area contributed by atoms with Gasteiger partial charge in [0.05, 0.1) is 0 Å². The second-order valence-electron chi connectivity index (χ2n) is 3.00. The van der Waals surface area contributed by atoms with Crippen LogP contribution in [-0.4, -0.2) is 16.3 Å². The summed E-state index contributed by atoms with van der Waals surface area (Å²) < 4.78 is 0. The lowest BCUT2D eigenvalue weighted by Crippen LogP contribution is -2.05. The molecule has 0 bridgehead atoms. The van der Waals surface area contributed by atoms with Crippen LogP contribution in [0.1, 0.15) is 10.4 Å². The minimum absolute atomic E-state index is 0.207. The van der Waals surface area contributed by atoms with Crippen LogP contribution in [-0.2, 0) is 0 Å². The lowest BCUT2D eigenvalue weighted by molar-refractivity contribution is 0.112. The molecule has 1 N–H and O–H groups in total. The van der Waals surface area contributed by atoms with E-state index in [9.17, 15) is 9.59 Å². The molecular weight excluding hydrogens is 224 g/mol. The van der Waals surface area contributed by atoms with Gasteiger partial charge in [0, 0.05) is 22.7 Å². The highest BCUT2D eigenvalue weighted by molar-refractivity contribution is 7.99. The Morgan fingerprint density at radius 1 is 1.25 bits per heavy atom. The van der Waals surface area contributed by atoms with Gasteiger partial charge in [-0.2, -0.15) is 0 Å². The minimum atomic E-state index is -0.207. The van der Waals surface area contributed by atoms with Crippen molar-refractivity contribution in [1.82, 2.24) is 9.97 Å². The molecule has 1 heterocycles. The predicted molar refractivity (Wildman–Crippen MR) is 60.8 cm³/mol. The quantitative estimate of drug-likeness (QED) is 0.646. The maximum Gasteiger partial charge on any atom is 0.251 e. The summed E-state index contributed by atoms with van der Waals surface area (Å²) in [6, 6.07) is 8.48. The Morgan fingerprint density at radius 2 is 2.06 bits per heavy atom. The zero-order chi connectivity index (χ0) is 11.4. The fraction of sp³-hybridized carbons (Fsp3) is 0. The van der Waals surface area contributed by atoms with E-state index in [0.29, 0.717) is 10.7 Å². The van der Waals surface area contributed by atoms with Gasteiger partial charge in [0.15, 0.2) is 11.4 Å². The number of rotatable bonds is 3. The van der Waals surface area contributed by atoms with Gasteiger partial charge in [-0.05, 0) is 6.07 Å². The van der Waals surface area contributed by atoms with Crippen molar-refractivity contribution >= 4 is 18.0 Å². The Bertz CT molecular complexity index is 566. The molecule has 1 aromatic heterocycles. The summed E-state index contributed by atoms with van der Waals surface area (Å²) in [4.78, 5) is 29.2. The minimum Gasteiger partial charge on any atom is -0.301 e. The Morgan fingerprint density at radius 3 is 2.81 bits per heavy atom. The second kappa shape index (κ2) is 4.76. The molecule has 1 aromatic carbocycles. The van der Waals surface area contributed by atoms with Gasteiger partial charge in [0.1, 0.15) is 0 Å². The molecule has 16 heavy (non-hydrogen) atoms. The molecule has 0 fully saturated rings. The fourth-order valence-corrected chi connectivity index (χ4v) is 2.03. The molecule has 80 valence electrons. The van der Waals surface area contributed by atoms with Crippen LogP contribution in [0.2, 0.25) is 0 Å². The Balaban J connectivity index is 2.33. The van der Waals surface area contributed by atoms with Gasteiger partial charge in [-0.1, -0.05) is 30.0 Å². The molecule has 0 saturated heterocycles. The van der Waals surface area contributed by atoms with Gasteiger partial charge >= 0.3 is 0 Å². The van der Waals surface area contributed by atoms with E-state index in [-0.39, 0.29) is 5.56 Å². The van der Waals surface area contributed by atoms with Crippen molar-refractivity contribution in [1.29, 1.82) is 0 Å². The summed E-state index contributed by atoms with van der Waals surface area (Å²) in [5.74, 6) is 0. The third-order valence-electron chi connectivity index (χ3n) is 1.90. The Kier molecular flexibility index (Phi) is 3.16. The fourth-order valence-electron chi connectivity index (χ4n) is 1.18. The van der Waals surface area contributed by atoms with Crippen molar-refractivity contribution in [3.8, 4) is 0 Å². The van der Waals surface area contributed by atoms with Crippen molar-refractivity contribution in [2.45, 2.75) is 10.1 Å². The highest BCUT2D eigenvalue weighted by Crippen LogP contribution is 2.25. The zero-order valence-corrected chi connectivity index (χ0v) is 9.03. The summed E-state index contributed by atoms with van der Waals surface area (Å²) in [7, 11) is 0. The normalized spacial score (nSPS) is 10.0. The first-order valence-electron chi connectivity index (χ1n) is 4.57. The summed E-state index contributed by atoms with van der Waals surface area (Å²) >= 11 is 1.26.